The molecule has 0 aliphatic heterocycles. The molecule has 0 spiro atoms. The third-order valence-corrected chi connectivity index (χ3v) is 4.32. The van der Waals surface area contributed by atoms with Crippen LogP contribution in [0.25, 0.3) is 11.1 Å². The molecule has 1 N–H and O–H groups in total. The number of methoxy groups -OCH3 is 1. The van der Waals surface area contributed by atoms with E-state index in [1.165, 1.54) is 29.7 Å². The maximum absolute atomic E-state index is 12.5. The summed E-state index contributed by atoms with van der Waals surface area (Å²) in [4.78, 5) is 37.9. The van der Waals surface area contributed by atoms with E-state index in [1.807, 2.05) is 0 Å². The van der Waals surface area contributed by atoms with Crippen LogP contribution in [0.15, 0.2) is 51.7 Å². The predicted octanol–water partition coefficient (Wildman–Crippen LogP) is 2.35. The number of ether oxygens (including phenoxy) is 1. The molecule has 0 bridgehead atoms. The Bertz CT molecular complexity index is 1090. The number of hydrogen-bond donors (Lipinski definition) is 1. The first-order valence-corrected chi connectivity index (χ1v) is 8.72. The van der Waals surface area contributed by atoms with E-state index in [4.69, 9.17) is 20.8 Å². The molecule has 1 heterocycles. The van der Waals surface area contributed by atoms with Gasteiger partial charge in [-0.2, -0.15) is 0 Å². The molecule has 0 unspecified atom stereocenters. The quantitative estimate of drug-likeness (QED) is 0.681. The molecule has 0 saturated heterocycles. The molecule has 0 aliphatic carbocycles. The molecule has 1 aromatic heterocycles. The van der Waals surface area contributed by atoms with Gasteiger partial charge in [0.15, 0.2) is 5.58 Å². The maximum atomic E-state index is 12.5. The third-order valence-electron chi connectivity index (χ3n) is 4.08. The van der Waals surface area contributed by atoms with Gasteiger partial charge in [-0.1, -0.05) is 17.7 Å². The summed E-state index contributed by atoms with van der Waals surface area (Å²) in [5, 5.41) is 3.12. The number of carbonyl (C=O) groups is 2. The third kappa shape index (κ3) is 4.34. The SMILES string of the molecule is COc1cccc(NC(=O)CN(C)C(=O)Cn2c(=O)oc3cc(Cl)ccc32)c1. The highest BCUT2D eigenvalue weighted by Crippen LogP contribution is 2.19. The molecule has 28 heavy (non-hydrogen) atoms. The van der Waals surface area contributed by atoms with Gasteiger partial charge in [0.05, 0.1) is 19.2 Å². The number of nitrogens with one attached hydrogen (secondary N) is 1. The summed E-state index contributed by atoms with van der Waals surface area (Å²) >= 11 is 5.88. The van der Waals surface area contributed by atoms with Crippen LogP contribution in [0.4, 0.5) is 5.69 Å². The Labute approximate surface area is 165 Å². The Hall–Kier alpha value is -3.26. The molecule has 0 saturated carbocycles. The summed E-state index contributed by atoms with van der Waals surface area (Å²) in [5.74, 6) is -0.853. The number of carbonyl (C=O) groups excluding carboxylic acids is 2. The largest absolute Gasteiger partial charge is 0.497 e. The number of oxazole rings is 1. The predicted molar refractivity (Wildman–Crippen MR) is 105 cm³/mol. The van der Waals surface area contributed by atoms with Crippen molar-refractivity contribution in [1.29, 1.82) is 0 Å². The van der Waals surface area contributed by atoms with Crippen LogP contribution in [-0.2, 0) is 16.1 Å². The van der Waals surface area contributed by atoms with E-state index in [1.54, 1.807) is 36.4 Å². The maximum Gasteiger partial charge on any atom is 0.420 e. The van der Waals surface area contributed by atoms with E-state index >= 15 is 0 Å². The first kappa shape index (κ1) is 19.5. The van der Waals surface area contributed by atoms with Crippen molar-refractivity contribution in [2.75, 3.05) is 26.0 Å². The van der Waals surface area contributed by atoms with Crippen molar-refractivity contribution < 1.29 is 18.7 Å². The first-order valence-electron chi connectivity index (χ1n) is 8.34. The van der Waals surface area contributed by atoms with Crippen LogP contribution in [0.1, 0.15) is 0 Å². The summed E-state index contributed by atoms with van der Waals surface area (Å²) in [6, 6.07) is 11.6. The minimum absolute atomic E-state index is 0.174. The van der Waals surface area contributed by atoms with Gasteiger partial charge in [0.1, 0.15) is 12.3 Å². The Morgan fingerprint density at radius 3 is 2.79 bits per heavy atom. The van der Waals surface area contributed by atoms with Gasteiger partial charge >= 0.3 is 5.76 Å². The summed E-state index contributed by atoms with van der Waals surface area (Å²) < 4.78 is 11.4. The van der Waals surface area contributed by atoms with Crippen LogP contribution < -0.4 is 15.8 Å². The lowest BCUT2D eigenvalue weighted by Gasteiger charge is -2.17. The molecule has 0 radical (unpaired) electrons. The first-order chi connectivity index (χ1) is 13.4. The topological polar surface area (TPSA) is 93.8 Å². The second kappa shape index (κ2) is 8.18. The van der Waals surface area contributed by atoms with Crippen LogP contribution in [0.2, 0.25) is 5.02 Å². The fourth-order valence-corrected chi connectivity index (χ4v) is 2.81. The van der Waals surface area contributed by atoms with Crippen LogP contribution in [0.5, 0.6) is 5.75 Å². The minimum Gasteiger partial charge on any atom is -0.497 e. The van der Waals surface area contributed by atoms with E-state index in [-0.39, 0.29) is 19.0 Å². The van der Waals surface area contributed by atoms with E-state index in [0.717, 1.165) is 0 Å². The Kier molecular flexibility index (Phi) is 5.70. The van der Waals surface area contributed by atoms with Crippen molar-refractivity contribution in [3.63, 3.8) is 0 Å². The Morgan fingerprint density at radius 2 is 2.04 bits per heavy atom. The standard InChI is InChI=1S/C19H18ClN3O5/c1-22(10-17(24)21-13-4-3-5-14(9-13)27-2)18(25)11-23-15-7-6-12(20)8-16(15)28-19(23)26/h3-9H,10-11H2,1-2H3,(H,21,24). The number of hydrogen-bond acceptors (Lipinski definition) is 5. The van der Waals surface area contributed by atoms with Gasteiger partial charge in [-0.05, 0) is 24.3 Å². The Balaban J connectivity index is 1.65. The minimum atomic E-state index is -0.667. The van der Waals surface area contributed by atoms with Crippen molar-refractivity contribution in [1.82, 2.24) is 9.47 Å². The molecule has 146 valence electrons. The lowest BCUT2D eigenvalue weighted by Crippen LogP contribution is -2.38. The van der Waals surface area contributed by atoms with Crippen molar-refractivity contribution in [3.8, 4) is 5.75 Å². The van der Waals surface area contributed by atoms with Gasteiger partial charge < -0.3 is 19.4 Å². The number of anilines is 1. The van der Waals surface area contributed by atoms with Gasteiger partial charge in [0, 0.05) is 29.9 Å². The van der Waals surface area contributed by atoms with E-state index in [0.29, 0.717) is 27.6 Å². The van der Waals surface area contributed by atoms with Crippen LogP contribution >= 0.6 is 11.6 Å². The number of amides is 2. The number of benzene rings is 2. The molecule has 3 aromatic rings. The summed E-state index contributed by atoms with van der Waals surface area (Å²) in [6.45, 7) is -0.428. The monoisotopic (exact) mass is 403 g/mol. The van der Waals surface area contributed by atoms with Crippen molar-refractivity contribution in [2.24, 2.45) is 0 Å². The van der Waals surface area contributed by atoms with Gasteiger partial charge in [0.2, 0.25) is 11.8 Å². The molecule has 0 fully saturated rings. The highest BCUT2D eigenvalue weighted by atomic mass is 35.5. The van der Waals surface area contributed by atoms with Gasteiger partial charge in [-0.25, -0.2) is 4.79 Å². The molecular weight excluding hydrogens is 386 g/mol. The van der Waals surface area contributed by atoms with Crippen LogP contribution in [-0.4, -0.2) is 42.0 Å². The average Bonchev–Trinajstić information content (AvgIpc) is 2.96. The van der Waals surface area contributed by atoms with E-state index in [2.05, 4.69) is 5.32 Å². The molecule has 2 amide bonds. The summed E-state index contributed by atoms with van der Waals surface area (Å²) in [7, 11) is 3.01. The number of nitrogens with zero attached hydrogens (tertiary/aromatic N) is 2. The number of aromatic nitrogens is 1. The lowest BCUT2D eigenvalue weighted by molar-refractivity contribution is -0.133. The lowest BCUT2D eigenvalue weighted by atomic mass is 10.3. The van der Waals surface area contributed by atoms with Crippen molar-refractivity contribution in [3.05, 3.63) is 58.0 Å². The molecule has 3 rings (SSSR count). The van der Waals surface area contributed by atoms with E-state index in [9.17, 15) is 14.4 Å². The van der Waals surface area contributed by atoms with Gasteiger partial charge in [-0.3, -0.25) is 14.2 Å². The normalized spacial score (nSPS) is 10.7. The van der Waals surface area contributed by atoms with Crippen molar-refractivity contribution >= 4 is 40.2 Å². The zero-order valence-corrected chi connectivity index (χ0v) is 16.0. The molecule has 0 atom stereocenters. The molecule has 2 aromatic carbocycles. The fraction of sp³-hybridized carbons (Fsp3) is 0.211. The van der Waals surface area contributed by atoms with Crippen LogP contribution in [0.3, 0.4) is 0 Å². The summed E-state index contributed by atoms with van der Waals surface area (Å²) in [5.41, 5.74) is 1.31. The van der Waals surface area contributed by atoms with Crippen LogP contribution in [0, 0.1) is 0 Å². The Morgan fingerprint density at radius 1 is 1.25 bits per heavy atom. The highest BCUT2D eigenvalue weighted by Gasteiger charge is 2.18. The highest BCUT2D eigenvalue weighted by molar-refractivity contribution is 6.31. The number of likely N-dealkylation sites (N-methyl/N-ethyl adjacent to an activating group) is 1. The van der Waals surface area contributed by atoms with Crippen molar-refractivity contribution in [2.45, 2.75) is 6.54 Å². The zero-order chi connectivity index (χ0) is 20.3. The van der Waals surface area contributed by atoms with Gasteiger partial charge in [0.25, 0.3) is 0 Å². The molecule has 8 nitrogen and oxygen atoms in total. The summed E-state index contributed by atoms with van der Waals surface area (Å²) in [6.07, 6.45) is 0. The molecule has 9 heteroatoms. The number of rotatable bonds is 6. The van der Waals surface area contributed by atoms with Gasteiger partial charge in [-0.15, -0.1) is 0 Å². The number of fused-ring (bicyclic) bond motifs is 1. The number of halogens is 1. The molecule has 0 aliphatic rings. The second-order valence-electron chi connectivity index (χ2n) is 6.10. The second-order valence-corrected chi connectivity index (χ2v) is 6.53. The average molecular weight is 404 g/mol. The zero-order valence-electron chi connectivity index (χ0n) is 15.3. The molecular formula is C19H18ClN3O5. The smallest absolute Gasteiger partial charge is 0.420 e. The van der Waals surface area contributed by atoms with E-state index < -0.39 is 11.7 Å². The fourth-order valence-electron chi connectivity index (χ4n) is 2.65.